The average Bonchev–Trinajstić information content (AvgIpc) is 3.19. The molecule has 5 heteroatoms. The Hall–Kier alpha value is -3.18. The number of ether oxygens (including phenoxy) is 1. The molecule has 1 aliphatic rings. The fourth-order valence-electron chi connectivity index (χ4n) is 3.52. The normalized spacial score (nSPS) is 12.2. The van der Waals surface area contributed by atoms with Crippen LogP contribution in [0.3, 0.4) is 0 Å². The molecule has 138 valence electrons. The Labute approximate surface area is 167 Å². The Morgan fingerprint density at radius 1 is 1.00 bits per heavy atom. The summed E-state index contributed by atoms with van der Waals surface area (Å²) in [4.78, 5) is 12.0. The molecule has 4 nitrogen and oxygen atoms in total. The van der Waals surface area contributed by atoms with Crippen molar-refractivity contribution in [3.63, 3.8) is 0 Å². The van der Waals surface area contributed by atoms with E-state index in [0.29, 0.717) is 5.95 Å². The van der Waals surface area contributed by atoms with Crippen LogP contribution in [0.1, 0.15) is 10.4 Å². The van der Waals surface area contributed by atoms with E-state index in [1.54, 1.807) is 7.11 Å². The van der Waals surface area contributed by atoms with E-state index in [1.807, 2.05) is 60.0 Å². The molecule has 5 rings (SSSR count). The van der Waals surface area contributed by atoms with E-state index in [0.717, 1.165) is 30.0 Å². The third-order valence-electron chi connectivity index (χ3n) is 4.93. The summed E-state index contributed by atoms with van der Waals surface area (Å²) in [6, 6.07) is 20.5. The van der Waals surface area contributed by atoms with Gasteiger partial charge in [-0.25, -0.2) is 9.97 Å². The zero-order valence-corrected chi connectivity index (χ0v) is 16.3. The van der Waals surface area contributed by atoms with Gasteiger partial charge in [0.05, 0.1) is 12.8 Å². The zero-order valence-electron chi connectivity index (χ0n) is 15.5. The number of nitrogens with one attached hydrogen (secondary N) is 1. The Kier molecular flexibility index (Phi) is 4.29. The first-order valence-corrected chi connectivity index (χ1v) is 10.1. The molecular formula is C23H19N3OS. The molecule has 0 fully saturated rings. The molecule has 0 saturated carbocycles. The minimum Gasteiger partial charge on any atom is -0.497 e. The molecule has 0 unspecified atom stereocenters. The maximum Gasteiger partial charge on any atom is 0.227 e. The van der Waals surface area contributed by atoms with Crippen LogP contribution in [0.2, 0.25) is 0 Å². The zero-order chi connectivity index (χ0) is 18.9. The Bertz CT molecular complexity index is 1140. The molecular weight excluding hydrogens is 366 g/mol. The van der Waals surface area contributed by atoms with Crippen LogP contribution in [0.25, 0.3) is 21.7 Å². The molecule has 0 aliphatic heterocycles. The summed E-state index contributed by atoms with van der Waals surface area (Å²) < 4.78 is 5.38. The van der Waals surface area contributed by atoms with Gasteiger partial charge in [0, 0.05) is 27.2 Å². The highest BCUT2D eigenvalue weighted by Gasteiger charge is 2.22. The van der Waals surface area contributed by atoms with Gasteiger partial charge >= 0.3 is 0 Å². The maximum absolute atomic E-state index is 5.38. The van der Waals surface area contributed by atoms with E-state index in [-0.39, 0.29) is 0 Å². The van der Waals surface area contributed by atoms with E-state index in [9.17, 15) is 0 Å². The van der Waals surface area contributed by atoms with Gasteiger partial charge in [-0.1, -0.05) is 30.3 Å². The van der Waals surface area contributed by atoms with Crippen molar-refractivity contribution in [3.8, 4) is 27.4 Å². The number of hydrogen-bond donors (Lipinski definition) is 1. The number of thiophene rings is 1. The summed E-state index contributed by atoms with van der Waals surface area (Å²) in [7, 11) is 1.70. The highest BCUT2D eigenvalue weighted by molar-refractivity contribution is 7.16. The number of para-hydroxylation sites is 1. The van der Waals surface area contributed by atoms with Crippen molar-refractivity contribution in [3.05, 3.63) is 77.3 Å². The van der Waals surface area contributed by atoms with Crippen LogP contribution in [0.4, 0.5) is 11.6 Å². The minimum atomic E-state index is 0.631. The largest absolute Gasteiger partial charge is 0.497 e. The Balaban J connectivity index is 1.53. The highest BCUT2D eigenvalue weighted by atomic mass is 32.1. The molecule has 2 aromatic carbocycles. The average molecular weight is 385 g/mol. The number of rotatable bonds is 4. The lowest BCUT2D eigenvalue weighted by molar-refractivity contribution is 0.415. The van der Waals surface area contributed by atoms with E-state index in [4.69, 9.17) is 9.72 Å². The van der Waals surface area contributed by atoms with Crippen LogP contribution in [-0.2, 0) is 12.8 Å². The Morgan fingerprint density at radius 2 is 1.89 bits per heavy atom. The number of nitrogens with zero attached hydrogens (tertiary/aromatic N) is 2. The van der Waals surface area contributed by atoms with Gasteiger partial charge < -0.3 is 10.1 Å². The number of aromatic nitrogens is 2. The first-order chi connectivity index (χ1) is 13.8. The first-order valence-electron chi connectivity index (χ1n) is 9.25. The fraction of sp³-hybridized carbons (Fsp3) is 0.130. The van der Waals surface area contributed by atoms with Crippen LogP contribution in [0.15, 0.2) is 66.9 Å². The van der Waals surface area contributed by atoms with E-state index >= 15 is 0 Å². The van der Waals surface area contributed by atoms with Gasteiger partial charge in [-0.15, -0.1) is 11.3 Å². The Morgan fingerprint density at radius 3 is 2.75 bits per heavy atom. The van der Waals surface area contributed by atoms with Crippen molar-refractivity contribution in [1.82, 2.24) is 9.97 Å². The van der Waals surface area contributed by atoms with Gasteiger partial charge in [-0.2, -0.15) is 0 Å². The molecule has 0 bridgehead atoms. The lowest BCUT2D eigenvalue weighted by atomic mass is 9.96. The molecule has 0 spiro atoms. The SMILES string of the molecule is COc1cccc(-c2cc3c(s2)CCc2cnc(Nc4ccccc4)nc2-3)c1. The summed E-state index contributed by atoms with van der Waals surface area (Å²) in [5.74, 6) is 1.51. The van der Waals surface area contributed by atoms with Gasteiger partial charge in [0.15, 0.2) is 0 Å². The molecule has 2 heterocycles. The third kappa shape index (κ3) is 3.14. The van der Waals surface area contributed by atoms with Crippen LogP contribution in [0, 0.1) is 0 Å². The van der Waals surface area contributed by atoms with Gasteiger partial charge in [0.1, 0.15) is 5.75 Å². The standard InChI is InChI=1S/C23H19N3OS/c1-27-18-9-5-6-15(12-18)21-13-19-20(28-21)11-10-16-14-24-23(26-22(16)19)25-17-7-3-2-4-8-17/h2-9,12-14H,10-11H2,1H3,(H,24,25,26). The summed E-state index contributed by atoms with van der Waals surface area (Å²) in [6.07, 6.45) is 3.97. The maximum atomic E-state index is 5.38. The second-order valence-electron chi connectivity index (χ2n) is 6.74. The number of benzene rings is 2. The molecule has 0 saturated heterocycles. The highest BCUT2D eigenvalue weighted by Crippen LogP contribution is 2.42. The number of hydrogen-bond acceptors (Lipinski definition) is 5. The molecule has 0 atom stereocenters. The lowest BCUT2D eigenvalue weighted by Gasteiger charge is -2.16. The molecule has 2 aromatic heterocycles. The summed E-state index contributed by atoms with van der Waals surface area (Å²) in [5.41, 5.74) is 5.64. The molecule has 1 aliphatic carbocycles. The minimum absolute atomic E-state index is 0.631. The second-order valence-corrected chi connectivity index (χ2v) is 7.87. The number of fused-ring (bicyclic) bond motifs is 3. The van der Waals surface area contributed by atoms with Crippen molar-refractivity contribution in [2.75, 3.05) is 12.4 Å². The van der Waals surface area contributed by atoms with Gasteiger partial charge in [-0.3, -0.25) is 0 Å². The number of anilines is 2. The van der Waals surface area contributed by atoms with Crippen molar-refractivity contribution < 1.29 is 4.74 Å². The summed E-state index contributed by atoms with van der Waals surface area (Å²) in [6.45, 7) is 0. The quantitative estimate of drug-likeness (QED) is 0.488. The fourth-order valence-corrected chi connectivity index (χ4v) is 4.67. The molecule has 4 aromatic rings. The van der Waals surface area contributed by atoms with Crippen molar-refractivity contribution in [2.24, 2.45) is 0 Å². The topological polar surface area (TPSA) is 47.0 Å². The predicted molar refractivity (Wildman–Crippen MR) is 114 cm³/mol. The second kappa shape index (κ2) is 7.09. The molecule has 28 heavy (non-hydrogen) atoms. The predicted octanol–water partition coefficient (Wildman–Crippen LogP) is 5.72. The van der Waals surface area contributed by atoms with Crippen molar-refractivity contribution in [1.29, 1.82) is 0 Å². The molecule has 0 amide bonds. The third-order valence-corrected chi connectivity index (χ3v) is 6.18. The molecule has 1 N–H and O–H groups in total. The monoisotopic (exact) mass is 385 g/mol. The van der Waals surface area contributed by atoms with Gasteiger partial charge in [0.25, 0.3) is 0 Å². The van der Waals surface area contributed by atoms with Crippen LogP contribution in [-0.4, -0.2) is 17.1 Å². The first kappa shape index (κ1) is 17.0. The molecule has 0 radical (unpaired) electrons. The van der Waals surface area contributed by atoms with E-state index in [1.165, 1.54) is 26.4 Å². The van der Waals surface area contributed by atoms with Gasteiger partial charge in [0.2, 0.25) is 5.95 Å². The number of methoxy groups -OCH3 is 1. The smallest absolute Gasteiger partial charge is 0.227 e. The van der Waals surface area contributed by atoms with Crippen LogP contribution < -0.4 is 10.1 Å². The number of aryl methyl sites for hydroxylation is 2. The van der Waals surface area contributed by atoms with Crippen molar-refractivity contribution >= 4 is 23.0 Å². The lowest BCUT2D eigenvalue weighted by Crippen LogP contribution is -2.06. The van der Waals surface area contributed by atoms with Gasteiger partial charge in [-0.05, 0) is 54.3 Å². The van der Waals surface area contributed by atoms with Crippen LogP contribution >= 0.6 is 11.3 Å². The van der Waals surface area contributed by atoms with E-state index in [2.05, 4.69) is 28.5 Å². The van der Waals surface area contributed by atoms with Crippen molar-refractivity contribution in [2.45, 2.75) is 12.8 Å². The summed E-state index contributed by atoms with van der Waals surface area (Å²) in [5, 5.41) is 3.30. The van der Waals surface area contributed by atoms with E-state index < -0.39 is 0 Å². The summed E-state index contributed by atoms with van der Waals surface area (Å²) >= 11 is 1.84. The van der Waals surface area contributed by atoms with Crippen LogP contribution in [0.5, 0.6) is 5.75 Å².